The van der Waals surface area contributed by atoms with Gasteiger partial charge in [0.25, 0.3) is 0 Å². The van der Waals surface area contributed by atoms with Crippen molar-refractivity contribution in [2.75, 3.05) is 13.1 Å². The third kappa shape index (κ3) is 2.77. The van der Waals surface area contributed by atoms with E-state index in [1.54, 1.807) is 11.3 Å². The average Bonchev–Trinajstić information content (AvgIpc) is 3.18. The molecule has 112 valence electrons. The Hall–Kier alpha value is -0.490. The first-order valence-electron chi connectivity index (χ1n) is 7.94. The molecule has 1 aromatic rings. The van der Waals surface area contributed by atoms with Crippen LogP contribution in [0.25, 0.3) is 0 Å². The maximum absolute atomic E-state index is 5.97. The van der Waals surface area contributed by atoms with E-state index in [9.17, 15) is 0 Å². The zero-order valence-electron chi connectivity index (χ0n) is 12.2. The van der Waals surface area contributed by atoms with Crippen LogP contribution in [0, 0.1) is 0 Å². The minimum absolute atomic E-state index is 0.277. The number of likely N-dealkylation sites (tertiary alicyclic amines) is 1. The van der Waals surface area contributed by atoms with Crippen molar-refractivity contribution in [3.8, 4) is 0 Å². The molecule has 0 bridgehead atoms. The highest BCUT2D eigenvalue weighted by molar-refractivity contribution is 7.09. The Morgan fingerprint density at radius 1 is 1.25 bits per heavy atom. The Labute approximate surface area is 125 Å². The second-order valence-electron chi connectivity index (χ2n) is 6.25. The van der Waals surface area contributed by atoms with E-state index in [-0.39, 0.29) is 5.54 Å². The predicted molar refractivity (Wildman–Crippen MR) is 83.6 cm³/mol. The van der Waals surface area contributed by atoms with Crippen LogP contribution in [0.1, 0.15) is 49.8 Å². The number of rotatable bonds is 5. The number of nitrogens with zero attached hydrogens (tertiary/aromatic N) is 2. The van der Waals surface area contributed by atoms with Crippen molar-refractivity contribution in [1.29, 1.82) is 0 Å². The molecule has 1 aliphatic carbocycles. The van der Waals surface area contributed by atoms with Gasteiger partial charge in [0.05, 0.1) is 5.51 Å². The number of hydrogen-bond acceptors (Lipinski definition) is 5. The summed E-state index contributed by atoms with van der Waals surface area (Å²) in [7, 11) is 0. The van der Waals surface area contributed by atoms with Gasteiger partial charge in [0.1, 0.15) is 0 Å². The van der Waals surface area contributed by atoms with Gasteiger partial charge in [-0.3, -0.25) is 21.2 Å². The van der Waals surface area contributed by atoms with E-state index in [0.717, 1.165) is 6.42 Å². The molecule has 0 radical (unpaired) electrons. The summed E-state index contributed by atoms with van der Waals surface area (Å²) in [6, 6.07) is 0.351. The molecule has 1 aliphatic heterocycles. The smallest absolute Gasteiger partial charge is 0.0794 e. The fourth-order valence-electron chi connectivity index (χ4n) is 4.16. The van der Waals surface area contributed by atoms with E-state index in [0.29, 0.717) is 6.04 Å². The van der Waals surface area contributed by atoms with Crippen molar-refractivity contribution in [3.63, 3.8) is 0 Å². The lowest BCUT2D eigenvalue weighted by Gasteiger charge is -2.48. The second-order valence-corrected chi connectivity index (χ2v) is 7.22. The van der Waals surface area contributed by atoms with Crippen LogP contribution in [-0.4, -0.2) is 34.6 Å². The maximum Gasteiger partial charge on any atom is 0.0794 e. The molecule has 1 saturated carbocycles. The van der Waals surface area contributed by atoms with E-state index in [1.807, 2.05) is 11.7 Å². The SMILES string of the molecule is NNC(Cc1cncs1)C1(N2CCCCC2)CCCC1. The summed E-state index contributed by atoms with van der Waals surface area (Å²) in [5.74, 6) is 5.97. The van der Waals surface area contributed by atoms with Crippen molar-refractivity contribution in [2.24, 2.45) is 5.84 Å². The zero-order chi connectivity index (χ0) is 13.8. The van der Waals surface area contributed by atoms with E-state index in [1.165, 1.54) is 62.9 Å². The van der Waals surface area contributed by atoms with Crippen LogP contribution in [0.15, 0.2) is 11.7 Å². The van der Waals surface area contributed by atoms with E-state index in [4.69, 9.17) is 5.84 Å². The molecule has 4 nitrogen and oxygen atoms in total. The van der Waals surface area contributed by atoms with Crippen LogP contribution in [0.2, 0.25) is 0 Å². The lowest BCUT2D eigenvalue weighted by Crippen LogP contribution is -2.63. The van der Waals surface area contributed by atoms with Crippen molar-refractivity contribution < 1.29 is 0 Å². The molecule has 1 aromatic heterocycles. The predicted octanol–water partition coefficient (Wildman–Crippen LogP) is 2.32. The summed E-state index contributed by atoms with van der Waals surface area (Å²) in [6.45, 7) is 2.50. The highest BCUT2D eigenvalue weighted by Crippen LogP contribution is 2.40. The first-order valence-corrected chi connectivity index (χ1v) is 8.82. The lowest BCUT2D eigenvalue weighted by molar-refractivity contribution is 0.0368. The van der Waals surface area contributed by atoms with Gasteiger partial charge in [-0.1, -0.05) is 19.3 Å². The fraction of sp³-hybridized carbons (Fsp3) is 0.800. The summed E-state index contributed by atoms with van der Waals surface area (Å²) >= 11 is 1.75. The molecule has 2 heterocycles. The highest BCUT2D eigenvalue weighted by atomic mass is 32.1. The van der Waals surface area contributed by atoms with Crippen LogP contribution in [0.4, 0.5) is 0 Å². The lowest BCUT2D eigenvalue weighted by atomic mass is 9.83. The van der Waals surface area contributed by atoms with Crippen molar-refractivity contribution >= 4 is 11.3 Å². The van der Waals surface area contributed by atoms with Crippen molar-refractivity contribution in [1.82, 2.24) is 15.3 Å². The Bertz CT molecular complexity index is 394. The third-order valence-electron chi connectivity index (χ3n) is 5.19. The van der Waals surface area contributed by atoms with Crippen LogP contribution < -0.4 is 11.3 Å². The standard InChI is InChI=1S/C15H26N4S/c16-18-14(10-13-11-17-12-20-13)15(6-2-3-7-15)19-8-4-1-5-9-19/h11-12,14,18H,1-10,16H2. The third-order valence-corrected chi connectivity index (χ3v) is 6.00. The topological polar surface area (TPSA) is 54.2 Å². The molecule has 5 heteroatoms. The molecule has 0 aromatic carbocycles. The molecule has 3 rings (SSSR count). The molecule has 20 heavy (non-hydrogen) atoms. The maximum atomic E-state index is 5.97. The van der Waals surface area contributed by atoms with Crippen LogP contribution in [0.3, 0.4) is 0 Å². The van der Waals surface area contributed by atoms with Gasteiger partial charge in [0, 0.05) is 29.1 Å². The fourth-order valence-corrected chi connectivity index (χ4v) is 4.80. The molecule has 1 unspecified atom stereocenters. The van der Waals surface area contributed by atoms with Gasteiger partial charge in [-0.2, -0.15) is 0 Å². The Kier molecular flexibility index (Phi) is 4.71. The van der Waals surface area contributed by atoms with Crippen LogP contribution in [-0.2, 0) is 6.42 Å². The molecule has 2 fully saturated rings. The molecule has 3 N–H and O–H groups in total. The van der Waals surface area contributed by atoms with Gasteiger partial charge in [-0.15, -0.1) is 11.3 Å². The molecule has 2 aliphatic rings. The van der Waals surface area contributed by atoms with Gasteiger partial charge in [-0.25, -0.2) is 0 Å². The molecule has 0 amide bonds. The summed E-state index contributed by atoms with van der Waals surface area (Å²) in [5, 5.41) is 0. The van der Waals surface area contributed by atoms with E-state index < -0.39 is 0 Å². The van der Waals surface area contributed by atoms with Gasteiger partial charge in [0.15, 0.2) is 0 Å². The quantitative estimate of drug-likeness (QED) is 0.646. The largest absolute Gasteiger partial charge is 0.296 e. The number of hydrogen-bond donors (Lipinski definition) is 2. The minimum atomic E-state index is 0.277. The summed E-state index contributed by atoms with van der Waals surface area (Å²) in [4.78, 5) is 8.30. The summed E-state index contributed by atoms with van der Waals surface area (Å²) in [5.41, 5.74) is 5.36. The van der Waals surface area contributed by atoms with Crippen LogP contribution in [0.5, 0.6) is 0 Å². The number of nitrogens with two attached hydrogens (primary N) is 1. The van der Waals surface area contributed by atoms with Gasteiger partial charge in [0.2, 0.25) is 0 Å². The molecular formula is C15H26N4S. The van der Waals surface area contributed by atoms with Crippen LogP contribution >= 0.6 is 11.3 Å². The highest BCUT2D eigenvalue weighted by Gasteiger charge is 2.45. The summed E-state index contributed by atoms with van der Waals surface area (Å²) in [6.07, 6.45) is 12.4. The van der Waals surface area contributed by atoms with Crippen molar-refractivity contribution in [2.45, 2.75) is 62.9 Å². The number of piperidine rings is 1. The Balaban J connectivity index is 1.79. The molecular weight excluding hydrogens is 268 g/mol. The Morgan fingerprint density at radius 2 is 2.00 bits per heavy atom. The first-order chi connectivity index (χ1) is 9.85. The number of nitrogens with one attached hydrogen (secondary N) is 1. The second kappa shape index (κ2) is 6.52. The van der Waals surface area contributed by atoms with E-state index >= 15 is 0 Å². The minimum Gasteiger partial charge on any atom is -0.296 e. The molecule has 1 atom stereocenters. The molecule has 1 saturated heterocycles. The number of thiazole rings is 1. The Morgan fingerprint density at radius 3 is 2.60 bits per heavy atom. The number of hydrazine groups is 1. The zero-order valence-corrected chi connectivity index (χ0v) is 13.0. The van der Waals surface area contributed by atoms with Gasteiger partial charge in [-0.05, 0) is 38.8 Å². The van der Waals surface area contributed by atoms with E-state index in [2.05, 4.69) is 15.3 Å². The van der Waals surface area contributed by atoms with Crippen molar-refractivity contribution in [3.05, 3.63) is 16.6 Å². The summed E-state index contributed by atoms with van der Waals surface area (Å²) < 4.78 is 0. The first kappa shape index (κ1) is 14.4. The van der Waals surface area contributed by atoms with Gasteiger partial charge >= 0.3 is 0 Å². The van der Waals surface area contributed by atoms with Gasteiger partial charge < -0.3 is 0 Å². The molecule has 0 spiro atoms. The number of aromatic nitrogens is 1. The monoisotopic (exact) mass is 294 g/mol. The average molecular weight is 294 g/mol. The normalized spacial score (nSPS) is 24.9.